The van der Waals surface area contributed by atoms with E-state index in [0.717, 1.165) is 47.2 Å². The van der Waals surface area contributed by atoms with Crippen LogP contribution < -0.4 is 16.0 Å². The molecular weight excluding hydrogens is 520 g/mol. The highest BCUT2D eigenvalue weighted by Crippen LogP contribution is 2.35. The molecule has 1 saturated carbocycles. The first-order valence-corrected chi connectivity index (χ1v) is 14.1. The third-order valence-electron chi connectivity index (χ3n) is 7.50. The van der Waals surface area contributed by atoms with Gasteiger partial charge in [0.25, 0.3) is 12.3 Å². The number of fused-ring (bicyclic) bond motifs is 1. The number of carbonyl (C=O) groups is 2. The zero-order valence-electron chi connectivity index (χ0n) is 22.9. The van der Waals surface area contributed by atoms with Crippen molar-refractivity contribution in [2.24, 2.45) is 5.41 Å². The van der Waals surface area contributed by atoms with Crippen LogP contribution in [0.3, 0.4) is 0 Å². The monoisotopic (exact) mass is 557 g/mol. The van der Waals surface area contributed by atoms with E-state index in [1.165, 1.54) is 18.2 Å². The number of alkyl halides is 2. The first-order chi connectivity index (χ1) is 18.5. The fourth-order valence-corrected chi connectivity index (χ4v) is 5.59. The van der Waals surface area contributed by atoms with Crippen LogP contribution in [0.15, 0.2) is 43.0 Å². The van der Waals surface area contributed by atoms with Crippen LogP contribution >= 0.6 is 11.3 Å². The van der Waals surface area contributed by atoms with Gasteiger partial charge in [-0.2, -0.15) is 0 Å². The van der Waals surface area contributed by atoms with Crippen LogP contribution in [0, 0.1) is 5.41 Å². The lowest BCUT2D eigenvalue weighted by Crippen LogP contribution is -2.38. The van der Waals surface area contributed by atoms with E-state index in [9.17, 15) is 18.4 Å². The number of hydrogen-bond donors (Lipinski definition) is 3. The summed E-state index contributed by atoms with van der Waals surface area (Å²) in [7, 11) is 0. The molecule has 2 heterocycles. The lowest BCUT2D eigenvalue weighted by Gasteiger charge is -2.31. The minimum atomic E-state index is -2.63. The second-order valence-corrected chi connectivity index (χ2v) is 12.4. The van der Waals surface area contributed by atoms with Gasteiger partial charge in [-0.15, -0.1) is 11.3 Å². The number of halogens is 2. The van der Waals surface area contributed by atoms with Crippen LogP contribution in [0.5, 0.6) is 0 Å². The molecule has 4 rings (SSSR count). The number of aromatic nitrogens is 2. The summed E-state index contributed by atoms with van der Waals surface area (Å²) in [6.45, 7) is 13.0. The Hall–Kier alpha value is -3.11. The van der Waals surface area contributed by atoms with E-state index < -0.39 is 12.3 Å². The molecule has 7 nitrogen and oxygen atoms in total. The summed E-state index contributed by atoms with van der Waals surface area (Å²) in [5.74, 6) is -0.314. The van der Waals surface area contributed by atoms with Gasteiger partial charge in [-0.25, -0.2) is 13.8 Å². The maximum absolute atomic E-state index is 13.1. The summed E-state index contributed by atoms with van der Waals surface area (Å²) in [4.78, 5) is 29.9. The smallest absolute Gasteiger partial charge is 0.272 e. The SMILES string of the molecule is C=CC(=O)N[C@@H]1CCC[C@H](n2c(NC(=O)c3ccc(C(F)F)s3)nc3cc(CN[C@@H](C)C(C)(C)C)ccc32)C1. The first kappa shape index (κ1) is 28.9. The number of thiophene rings is 1. The van der Waals surface area contributed by atoms with Crippen LogP contribution in [-0.4, -0.2) is 33.4 Å². The highest BCUT2D eigenvalue weighted by Gasteiger charge is 2.28. The van der Waals surface area contributed by atoms with Crippen molar-refractivity contribution in [3.05, 3.63) is 58.3 Å². The van der Waals surface area contributed by atoms with Crippen molar-refractivity contribution >= 4 is 40.1 Å². The predicted octanol–water partition coefficient (Wildman–Crippen LogP) is 6.60. The van der Waals surface area contributed by atoms with E-state index in [4.69, 9.17) is 4.98 Å². The number of carbonyl (C=O) groups excluding carboxylic acids is 2. The Balaban J connectivity index is 1.65. The van der Waals surface area contributed by atoms with E-state index in [1.807, 2.05) is 16.7 Å². The van der Waals surface area contributed by atoms with Crippen LogP contribution in [0.25, 0.3) is 11.0 Å². The predicted molar refractivity (Wildman–Crippen MR) is 152 cm³/mol. The molecule has 3 atom stereocenters. The molecule has 210 valence electrons. The van der Waals surface area contributed by atoms with Crippen molar-refractivity contribution < 1.29 is 18.4 Å². The van der Waals surface area contributed by atoms with Gasteiger partial charge in [-0.3, -0.25) is 14.9 Å². The largest absolute Gasteiger partial charge is 0.350 e. The third kappa shape index (κ3) is 6.91. The van der Waals surface area contributed by atoms with Gasteiger partial charge in [-0.1, -0.05) is 33.4 Å². The Bertz CT molecular complexity index is 1340. The molecule has 3 N–H and O–H groups in total. The van der Waals surface area contributed by atoms with E-state index in [1.54, 1.807) is 0 Å². The summed E-state index contributed by atoms with van der Waals surface area (Å²) >= 11 is 0.776. The molecule has 2 amide bonds. The zero-order valence-corrected chi connectivity index (χ0v) is 23.7. The minimum Gasteiger partial charge on any atom is -0.350 e. The molecular formula is C29H37F2N5O2S. The average molecular weight is 558 g/mol. The van der Waals surface area contributed by atoms with Gasteiger partial charge < -0.3 is 15.2 Å². The molecule has 1 aliphatic rings. The first-order valence-electron chi connectivity index (χ1n) is 13.3. The van der Waals surface area contributed by atoms with Gasteiger partial charge >= 0.3 is 0 Å². The lowest BCUT2D eigenvalue weighted by molar-refractivity contribution is -0.117. The molecule has 1 fully saturated rings. The summed E-state index contributed by atoms with van der Waals surface area (Å²) < 4.78 is 28.2. The maximum atomic E-state index is 13.1. The van der Waals surface area contributed by atoms with Crippen molar-refractivity contribution in [1.82, 2.24) is 20.2 Å². The zero-order chi connectivity index (χ0) is 28.3. The van der Waals surface area contributed by atoms with Crippen molar-refractivity contribution in [3.8, 4) is 0 Å². The van der Waals surface area contributed by atoms with E-state index in [-0.39, 0.29) is 33.2 Å². The Morgan fingerprint density at radius 3 is 2.67 bits per heavy atom. The maximum Gasteiger partial charge on any atom is 0.272 e. The third-order valence-corrected chi connectivity index (χ3v) is 8.59. The van der Waals surface area contributed by atoms with Crippen molar-refractivity contribution in [2.45, 2.75) is 84.5 Å². The molecule has 0 radical (unpaired) electrons. The summed E-state index contributed by atoms with van der Waals surface area (Å²) in [6, 6.07) is 9.04. The lowest BCUT2D eigenvalue weighted by atomic mass is 9.88. The van der Waals surface area contributed by atoms with Crippen LogP contribution in [0.2, 0.25) is 0 Å². The fourth-order valence-electron chi connectivity index (χ4n) is 4.83. The Kier molecular flexibility index (Phi) is 8.86. The van der Waals surface area contributed by atoms with Gasteiger partial charge in [-0.05, 0) is 73.9 Å². The normalized spacial score (nSPS) is 18.7. The molecule has 10 heteroatoms. The number of nitrogens with one attached hydrogen (secondary N) is 3. The van der Waals surface area contributed by atoms with Gasteiger partial charge in [0, 0.05) is 24.7 Å². The molecule has 1 aromatic carbocycles. The molecule has 0 saturated heterocycles. The quantitative estimate of drug-likeness (QED) is 0.259. The topological polar surface area (TPSA) is 88.1 Å². The van der Waals surface area contributed by atoms with Gasteiger partial charge in [0.05, 0.1) is 20.8 Å². The molecule has 3 aromatic rings. The molecule has 39 heavy (non-hydrogen) atoms. The van der Waals surface area contributed by atoms with Crippen LogP contribution in [-0.2, 0) is 11.3 Å². The molecule has 0 unspecified atom stereocenters. The number of nitrogens with zero attached hydrogens (tertiary/aromatic N) is 2. The van der Waals surface area contributed by atoms with Gasteiger partial charge in [0.2, 0.25) is 11.9 Å². The fraction of sp³-hybridized carbons (Fsp3) is 0.483. The number of benzene rings is 1. The Labute approximate surface area is 232 Å². The second kappa shape index (κ2) is 12.0. The molecule has 0 bridgehead atoms. The number of amides is 2. The minimum absolute atomic E-state index is 0.0148. The van der Waals surface area contributed by atoms with Crippen molar-refractivity contribution in [3.63, 3.8) is 0 Å². The molecule has 2 aromatic heterocycles. The highest BCUT2D eigenvalue weighted by molar-refractivity contribution is 7.14. The summed E-state index contributed by atoms with van der Waals surface area (Å²) in [5.41, 5.74) is 2.80. The van der Waals surface area contributed by atoms with E-state index in [0.29, 0.717) is 25.0 Å². The number of imidazole rings is 1. The average Bonchev–Trinajstić information content (AvgIpc) is 3.52. The number of anilines is 1. The number of hydrogen-bond acceptors (Lipinski definition) is 5. The van der Waals surface area contributed by atoms with E-state index >= 15 is 0 Å². The van der Waals surface area contributed by atoms with Gasteiger partial charge in [0.1, 0.15) is 0 Å². The number of rotatable bonds is 9. The molecule has 0 aliphatic heterocycles. The van der Waals surface area contributed by atoms with Crippen LogP contribution in [0.4, 0.5) is 14.7 Å². The van der Waals surface area contributed by atoms with Crippen LogP contribution in [0.1, 0.15) is 86.0 Å². The molecule has 0 spiro atoms. The van der Waals surface area contributed by atoms with Crippen molar-refractivity contribution in [1.29, 1.82) is 0 Å². The molecule has 1 aliphatic carbocycles. The summed E-state index contributed by atoms with van der Waals surface area (Å²) in [5, 5.41) is 9.45. The van der Waals surface area contributed by atoms with Crippen molar-refractivity contribution in [2.75, 3.05) is 5.32 Å². The second-order valence-electron chi connectivity index (χ2n) is 11.3. The Morgan fingerprint density at radius 2 is 2.00 bits per heavy atom. The highest BCUT2D eigenvalue weighted by atomic mass is 32.1. The standard InChI is InChI=1S/C29H37F2N5O2S/c1-6-25(37)33-19-8-7-9-20(15-19)36-22-11-10-18(16-32-17(2)29(3,4)5)14-21(22)34-28(36)35-27(38)24-13-12-23(39-24)26(30)31/h6,10-14,17,19-20,26,32H,1,7-9,15-16H2,2-5H3,(H,33,37)(H,34,35,38)/t17-,19+,20-/m0/s1. The Morgan fingerprint density at radius 1 is 1.23 bits per heavy atom. The van der Waals surface area contributed by atoms with E-state index in [2.05, 4.69) is 56.3 Å². The summed E-state index contributed by atoms with van der Waals surface area (Å²) in [6.07, 6.45) is 1.93. The van der Waals surface area contributed by atoms with Gasteiger partial charge in [0.15, 0.2) is 0 Å².